The molecule has 4 aliphatic rings. The SMILES string of the molecule is ClC1(C23CCC(CC2)CC3)N=N1. The molecule has 12 heavy (non-hydrogen) atoms. The molecule has 0 aromatic carbocycles. The Morgan fingerprint density at radius 1 is 1.00 bits per heavy atom. The number of halogens is 1. The maximum absolute atomic E-state index is 6.27. The first-order valence-corrected chi connectivity index (χ1v) is 5.25. The first kappa shape index (κ1) is 7.31. The fourth-order valence-corrected chi connectivity index (χ4v) is 3.30. The second-order valence-electron chi connectivity index (χ2n) is 4.55. The Bertz CT molecular complexity index is 221. The van der Waals surface area contributed by atoms with Crippen LogP contribution in [0.15, 0.2) is 10.2 Å². The van der Waals surface area contributed by atoms with Crippen LogP contribution in [0.25, 0.3) is 0 Å². The zero-order valence-electron chi connectivity index (χ0n) is 7.09. The van der Waals surface area contributed by atoms with Crippen molar-refractivity contribution in [1.82, 2.24) is 0 Å². The van der Waals surface area contributed by atoms with Gasteiger partial charge in [-0.15, -0.1) is 10.2 Å². The number of fused-ring (bicyclic) bond motifs is 3. The molecule has 1 aliphatic heterocycles. The van der Waals surface area contributed by atoms with Crippen LogP contribution in [-0.2, 0) is 0 Å². The Labute approximate surface area is 77.4 Å². The van der Waals surface area contributed by atoms with Gasteiger partial charge in [0.05, 0.1) is 0 Å². The second kappa shape index (κ2) is 2.03. The van der Waals surface area contributed by atoms with Crippen LogP contribution in [0.1, 0.15) is 38.5 Å². The minimum Gasteiger partial charge on any atom is -0.140 e. The van der Waals surface area contributed by atoms with Gasteiger partial charge in [-0.1, -0.05) is 11.6 Å². The van der Waals surface area contributed by atoms with Gasteiger partial charge in [0.2, 0.25) is 0 Å². The van der Waals surface area contributed by atoms with E-state index in [4.69, 9.17) is 11.6 Å². The lowest BCUT2D eigenvalue weighted by Crippen LogP contribution is -2.42. The number of hydrogen-bond acceptors (Lipinski definition) is 2. The normalized spacial score (nSPS) is 47.9. The van der Waals surface area contributed by atoms with E-state index in [0.29, 0.717) is 0 Å². The molecule has 2 nitrogen and oxygen atoms in total. The van der Waals surface area contributed by atoms with Crippen molar-refractivity contribution in [2.24, 2.45) is 21.6 Å². The molecule has 0 atom stereocenters. The van der Waals surface area contributed by atoms with Gasteiger partial charge in [-0.3, -0.25) is 0 Å². The van der Waals surface area contributed by atoms with Crippen LogP contribution in [0.3, 0.4) is 0 Å². The fourth-order valence-electron chi connectivity index (χ4n) is 2.98. The molecule has 3 saturated carbocycles. The third-order valence-electron chi connectivity index (χ3n) is 4.04. The van der Waals surface area contributed by atoms with Crippen molar-refractivity contribution in [3.8, 4) is 0 Å². The Hall–Kier alpha value is -0.110. The summed E-state index contributed by atoms with van der Waals surface area (Å²) in [4.78, 5) is 0. The van der Waals surface area contributed by atoms with Crippen molar-refractivity contribution in [3.05, 3.63) is 0 Å². The molecule has 0 spiro atoms. The summed E-state index contributed by atoms with van der Waals surface area (Å²) in [6, 6.07) is 0. The molecule has 3 heteroatoms. The third kappa shape index (κ3) is 0.769. The van der Waals surface area contributed by atoms with E-state index in [9.17, 15) is 0 Å². The highest BCUT2D eigenvalue weighted by molar-refractivity contribution is 6.25. The lowest BCUT2D eigenvalue weighted by Gasteiger charge is -2.47. The summed E-state index contributed by atoms with van der Waals surface area (Å²) >= 11 is 6.27. The van der Waals surface area contributed by atoms with Crippen LogP contribution in [0.2, 0.25) is 0 Å². The molecule has 3 aliphatic carbocycles. The quantitative estimate of drug-likeness (QED) is 0.441. The van der Waals surface area contributed by atoms with E-state index >= 15 is 0 Å². The molecule has 0 unspecified atom stereocenters. The van der Waals surface area contributed by atoms with Crippen molar-refractivity contribution < 1.29 is 0 Å². The van der Waals surface area contributed by atoms with Gasteiger partial charge in [-0.25, -0.2) is 0 Å². The third-order valence-corrected chi connectivity index (χ3v) is 4.60. The minimum absolute atomic E-state index is 0.267. The Balaban J connectivity index is 1.89. The molecule has 0 aromatic rings. The van der Waals surface area contributed by atoms with Crippen LogP contribution in [0.4, 0.5) is 0 Å². The summed E-state index contributed by atoms with van der Waals surface area (Å²) in [5.41, 5.74) is 0.267. The zero-order valence-corrected chi connectivity index (χ0v) is 7.85. The molecule has 0 amide bonds. The van der Waals surface area contributed by atoms with E-state index in [1.54, 1.807) is 0 Å². The van der Waals surface area contributed by atoms with E-state index in [2.05, 4.69) is 10.2 Å². The highest BCUT2D eigenvalue weighted by atomic mass is 35.5. The van der Waals surface area contributed by atoms with Gasteiger partial charge in [0.25, 0.3) is 5.12 Å². The highest BCUT2D eigenvalue weighted by Crippen LogP contribution is 2.62. The van der Waals surface area contributed by atoms with Crippen molar-refractivity contribution in [2.45, 2.75) is 43.6 Å². The molecule has 4 rings (SSSR count). The lowest BCUT2D eigenvalue weighted by molar-refractivity contribution is 0.0484. The number of nitrogens with zero attached hydrogens (tertiary/aromatic N) is 2. The topological polar surface area (TPSA) is 24.7 Å². The molecule has 66 valence electrons. The standard InChI is InChI=1S/C9H13ClN2/c10-9(11-12-9)8-4-1-7(2-5-8)3-6-8/h7H,1-6H2. The van der Waals surface area contributed by atoms with Crippen LogP contribution >= 0.6 is 11.6 Å². The number of alkyl halides is 1. The van der Waals surface area contributed by atoms with Crippen molar-refractivity contribution in [1.29, 1.82) is 0 Å². The van der Waals surface area contributed by atoms with E-state index in [1.165, 1.54) is 38.5 Å². The summed E-state index contributed by atoms with van der Waals surface area (Å²) in [6.07, 6.45) is 7.86. The van der Waals surface area contributed by atoms with Crippen molar-refractivity contribution >= 4 is 11.6 Å². The van der Waals surface area contributed by atoms with Gasteiger partial charge in [0, 0.05) is 5.41 Å². The van der Waals surface area contributed by atoms with Gasteiger partial charge in [0.1, 0.15) is 0 Å². The predicted molar refractivity (Wildman–Crippen MR) is 47.1 cm³/mol. The Morgan fingerprint density at radius 3 is 1.92 bits per heavy atom. The summed E-state index contributed by atoms with van der Waals surface area (Å²) < 4.78 is 0. The van der Waals surface area contributed by atoms with E-state index in [-0.39, 0.29) is 5.41 Å². The number of rotatable bonds is 1. The first-order valence-electron chi connectivity index (χ1n) is 4.87. The minimum atomic E-state index is -0.474. The van der Waals surface area contributed by atoms with Crippen molar-refractivity contribution in [3.63, 3.8) is 0 Å². The maximum atomic E-state index is 6.27. The fraction of sp³-hybridized carbons (Fsp3) is 1.00. The Kier molecular flexibility index (Phi) is 1.24. The van der Waals surface area contributed by atoms with Crippen LogP contribution < -0.4 is 0 Å². The first-order chi connectivity index (χ1) is 5.74. The van der Waals surface area contributed by atoms with Crippen LogP contribution in [0.5, 0.6) is 0 Å². The highest BCUT2D eigenvalue weighted by Gasteiger charge is 2.60. The molecular weight excluding hydrogens is 172 g/mol. The molecule has 0 aromatic heterocycles. The molecule has 0 saturated heterocycles. The second-order valence-corrected chi connectivity index (χ2v) is 5.08. The largest absolute Gasteiger partial charge is 0.269 e. The predicted octanol–water partition coefficient (Wildman–Crippen LogP) is 3.32. The molecule has 0 N–H and O–H groups in total. The smallest absolute Gasteiger partial charge is 0.140 e. The van der Waals surface area contributed by atoms with E-state index in [1.807, 2.05) is 0 Å². The van der Waals surface area contributed by atoms with Crippen molar-refractivity contribution in [2.75, 3.05) is 0 Å². The average Bonchev–Trinajstić information content (AvgIpc) is 2.89. The molecule has 3 fully saturated rings. The lowest BCUT2D eigenvalue weighted by atomic mass is 9.60. The molecule has 1 heterocycles. The molecule has 0 radical (unpaired) electrons. The Morgan fingerprint density at radius 2 is 1.50 bits per heavy atom. The van der Waals surface area contributed by atoms with Gasteiger partial charge in [-0.2, -0.15) is 0 Å². The average molecular weight is 185 g/mol. The van der Waals surface area contributed by atoms with Gasteiger partial charge in [0.15, 0.2) is 0 Å². The summed E-state index contributed by atoms with van der Waals surface area (Å²) in [5.74, 6) is 0.992. The zero-order chi connectivity index (χ0) is 8.23. The summed E-state index contributed by atoms with van der Waals surface area (Å²) in [7, 11) is 0. The van der Waals surface area contributed by atoms with Crippen LogP contribution in [-0.4, -0.2) is 5.12 Å². The van der Waals surface area contributed by atoms with Gasteiger partial charge < -0.3 is 0 Å². The van der Waals surface area contributed by atoms with E-state index in [0.717, 1.165) is 5.92 Å². The van der Waals surface area contributed by atoms with Gasteiger partial charge in [-0.05, 0) is 44.4 Å². The number of hydrogen-bond donors (Lipinski definition) is 0. The van der Waals surface area contributed by atoms with Crippen LogP contribution in [0, 0.1) is 11.3 Å². The maximum Gasteiger partial charge on any atom is 0.269 e. The molecular formula is C9H13ClN2. The molecule has 2 bridgehead atoms. The van der Waals surface area contributed by atoms with E-state index < -0.39 is 5.12 Å². The monoisotopic (exact) mass is 184 g/mol. The summed E-state index contributed by atoms with van der Waals surface area (Å²) in [6.45, 7) is 0. The van der Waals surface area contributed by atoms with Gasteiger partial charge >= 0.3 is 0 Å². The summed E-state index contributed by atoms with van der Waals surface area (Å²) in [5, 5.41) is 7.56.